The fourth-order valence-electron chi connectivity index (χ4n) is 1.06. The minimum Gasteiger partial charge on any atom is -0.0885 e. The summed E-state index contributed by atoms with van der Waals surface area (Å²) in [7, 11) is 0. The molecule has 0 amide bonds. The van der Waals surface area contributed by atoms with Crippen LogP contribution in [0.3, 0.4) is 0 Å². The summed E-state index contributed by atoms with van der Waals surface area (Å²) in [6.07, 6.45) is 6.08. The normalized spacial score (nSPS) is 15.4. The minimum atomic E-state index is 0.867. The van der Waals surface area contributed by atoms with Crippen molar-refractivity contribution < 1.29 is 0 Å². The van der Waals surface area contributed by atoms with Crippen molar-refractivity contribution in [2.24, 2.45) is 5.92 Å². The molecule has 0 aromatic rings. The summed E-state index contributed by atoms with van der Waals surface area (Å²) in [5, 5.41) is 0. The molecule has 0 aliphatic carbocycles. The topological polar surface area (TPSA) is 0 Å². The van der Waals surface area contributed by atoms with Crippen molar-refractivity contribution in [1.29, 1.82) is 0 Å². The summed E-state index contributed by atoms with van der Waals surface area (Å²) in [5.74, 6) is 0.867. The Labute approximate surface area is 65.3 Å². The highest BCUT2D eigenvalue weighted by molar-refractivity contribution is 4.99. The predicted molar refractivity (Wildman–Crippen MR) is 48.1 cm³/mol. The highest BCUT2D eigenvalue weighted by atomic mass is 14.1. The zero-order valence-electron chi connectivity index (χ0n) is 7.78. The zero-order chi connectivity index (χ0) is 7.98. The largest absolute Gasteiger partial charge is 0.0885 e. The fraction of sp³-hybridized carbons (Fsp3) is 0.800. The lowest BCUT2D eigenvalue weighted by atomic mass is 9.97. The Bertz CT molecular complexity index is 101. The maximum Gasteiger partial charge on any atom is -0.0295 e. The first-order chi connectivity index (χ1) is 4.74. The van der Waals surface area contributed by atoms with Crippen LogP contribution in [0, 0.1) is 5.92 Å². The van der Waals surface area contributed by atoms with Crippen molar-refractivity contribution in [3.63, 3.8) is 0 Å². The van der Waals surface area contributed by atoms with E-state index in [1.807, 2.05) is 0 Å². The van der Waals surface area contributed by atoms with Gasteiger partial charge in [0.25, 0.3) is 0 Å². The molecule has 0 heteroatoms. The Hall–Kier alpha value is -0.260. The molecule has 1 atom stereocenters. The molecule has 0 rings (SSSR count). The number of hydrogen-bond acceptors (Lipinski definition) is 0. The molecule has 60 valence electrons. The lowest BCUT2D eigenvalue weighted by Crippen LogP contribution is -1.93. The van der Waals surface area contributed by atoms with Crippen LogP contribution in [0.5, 0.6) is 0 Å². The number of allylic oxidation sites excluding steroid dienone is 2. The molecule has 0 N–H and O–H groups in total. The Kier molecular flexibility index (Phi) is 5.38. The first kappa shape index (κ1) is 9.74. The summed E-state index contributed by atoms with van der Waals surface area (Å²) in [6.45, 7) is 8.95. The van der Waals surface area contributed by atoms with Gasteiger partial charge in [-0.05, 0) is 25.7 Å². The summed E-state index contributed by atoms with van der Waals surface area (Å²) in [4.78, 5) is 0. The molecule has 0 aromatic carbocycles. The van der Waals surface area contributed by atoms with Gasteiger partial charge >= 0.3 is 0 Å². The molecule has 0 aliphatic rings. The molecule has 0 aromatic heterocycles. The third kappa shape index (κ3) is 3.71. The second-order valence-corrected chi connectivity index (χ2v) is 3.02. The summed E-state index contributed by atoms with van der Waals surface area (Å²) >= 11 is 0. The van der Waals surface area contributed by atoms with E-state index in [9.17, 15) is 0 Å². The van der Waals surface area contributed by atoms with Gasteiger partial charge in [0.15, 0.2) is 0 Å². The molecule has 0 spiro atoms. The second kappa shape index (κ2) is 5.52. The highest BCUT2D eigenvalue weighted by Gasteiger charge is 2.00. The third-order valence-electron chi connectivity index (χ3n) is 2.17. The molecule has 0 radical (unpaired) electrons. The van der Waals surface area contributed by atoms with Crippen LogP contribution in [0.15, 0.2) is 11.6 Å². The summed E-state index contributed by atoms with van der Waals surface area (Å²) in [5.41, 5.74) is 1.61. The van der Waals surface area contributed by atoms with Gasteiger partial charge in [0.2, 0.25) is 0 Å². The summed E-state index contributed by atoms with van der Waals surface area (Å²) in [6, 6.07) is 0. The van der Waals surface area contributed by atoms with Gasteiger partial charge in [0.1, 0.15) is 0 Å². The van der Waals surface area contributed by atoms with Crippen LogP contribution in [0.4, 0.5) is 0 Å². The van der Waals surface area contributed by atoms with Gasteiger partial charge in [-0.25, -0.2) is 0 Å². The molecule has 0 unspecified atom stereocenters. The van der Waals surface area contributed by atoms with Crippen LogP contribution >= 0.6 is 0 Å². The quantitative estimate of drug-likeness (QED) is 0.521. The Morgan fingerprint density at radius 1 is 1.40 bits per heavy atom. The van der Waals surface area contributed by atoms with Crippen molar-refractivity contribution in [2.75, 3.05) is 0 Å². The third-order valence-corrected chi connectivity index (χ3v) is 2.17. The van der Waals surface area contributed by atoms with Crippen molar-refractivity contribution in [3.8, 4) is 0 Å². The number of rotatable bonds is 4. The van der Waals surface area contributed by atoms with Crippen LogP contribution < -0.4 is 0 Å². The molecule has 0 aliphatic heterocycles. The molecule has 0 fully saturated rings. The van der Waals surface area contributed by atoms with Gasteiger partial charge in [-0.1, -0.05) is 38.8 Å². The summed E-state index contributed by atoms with van der Waals surface area (Å²) < 4.78 is 0. The van der Waals surface area contributed by atoms with Crippen molar-refractivity contribution in [2.45, 2.75) is 47.0 Å². The number of hydrogen-bond donors (Lipinski definition) is 0. The van der Waals surface area contributed by atoms with E-state index in [-0.39, 0.29) is 0 Å². The SMILES string of the molecule is CC=C(CC)C[C@@H](C)CC. The monoisotopic (exact) mass is 140 g/mol. The average molecular weight is 140 g/mol. The van der Waals surface area contributed by atoms with Crippen molar-refractivity contribution in [1.82, 2.24) is 0 Å². The van der Waals surface area contributed by atoms with E-state index in [1.165, 1.54) is 19.3 Å². The van der Waals surface area contributed by atoms with E-state index < -0.39 is 0 Å². The van der Waals surface area contributed by atoms with Crippen LogP contribution in [-0.4, -0.2) is 0 Å². The average Bonchev–Trinajstić information content (AvgIpc) is 1.99. The van der Waals surface area contributed by atoms with E-state index in [2.05, 4.69) is 33.8 Å². The zero-order valence-corrected chi connectivity index (χ0v) is 7.78. The van der Waals surface area contributed by atoms with E-state index in [4.69, 9.17) is 0 Å². The minimum absolute atomic E-state index is 0.867. The van der Waals surface area contributed by atoms with E-state index in [1.54, 1.807) is 5.57 Å². The van der Waals surface area contributed by atoms with Gasteiger partial charge < -0.3 is 0 Å². The molecule has 0 bridgehead atoms. The van der Waals surface area contributed by atoms with E-state index in [0.717, 1.165) is 5.92 Å². The van der Waals surface area contributed by atoms with Gasteiger partial charge in [-0.3, -0.25) is 0 Å². The van der Waals surface area contributed by atoms with Crippen molar-refractivity contribution in [3.05, 3.63) is 11.6 Å². The highest BCUT2D eigenvalue weighted by Crippen LogP contribution is 2.16. The maximum atomic E-state index is 2.32. The molecular formula is C10H20. The first-order valence-electron chi connectivity index (χ1n) is 4.38. The fourth-order valence-corrected chi connectivity index (χ4v) is 1.06. The Morgan fingerprint density at radius 3 is 2.30 bits per heavy atom. The smallest absolute Gasteiger partial charge is 0.0295 e. The molecule has 0 saturated carbocycles. The van der Waals surface area contributed by atoms with Gasteiger partial charge in [0.05, 0.1) is 0 Å². The second-order valence-electron chi connectivity index (χ2n) is 3.02. The van der Waals surface area contributed by atoms with Crippen LogP contribution in [-0.2, 0) is 0 Å². The van der Waals surface area contributed by atoms with Gasteiger partial charge in [0, 0.05) is 0 Å². The van der Waals surface area contributed by atoms with Crippen molar-refractivity contribution >= 4 is 0 Å². The molecule has 0 nitrogen and oxygen atoms in total. The maximum absolute atomic E-state index is 2.32. The Morgan fingerprint density at radius 2 is 2.00 bits per heavy atom. The Balaban J connectivity index is 3.64. The van der Waals surface area contributed by atoms with Gasteiger partial charge in [-0.15, -0.1) is 0 Å². The molecule has 0 saturated heterocycles. The van der Waals surface area contributed by atoms with Crippen LogP contribution in [0.25, 0.3) is 0 Å². The first-order valence-corrected chi connectivity index (χ1v) is 4.38. The van der Waals surface area contributed by atoms with Crippen LogP contribution in [0.1, 0.15) is 47.0 Å². The lowest BCUT2D eigenvalue weighted by Gasteiger charge is -2.09. The standard InChI is InChI=1S/C10H20/c1-5-9(4)8-10(6-2)7-3/h6,9H,5,7-8H2,1-4H3/t9-/m0/s1. The molecule has 10 heavy (non-hydrogen) atoms. The molecule has 0 heterocycles. The molecular weight excluding hydrogens is 120 g/mol. The van der Waals surface area contributed by atoms with Gasteiger partial charge in [-0.2, -0.15) is 0 Å². The van der Waals surface area contributed by atoms with Crippen LogP contribution in [0.2, 0.25) is 0 Å². The predicted octanol–water partition coefficient (Wildman–Crippen LogP) is 3.78. The van der Waals surface area contributed by atoms with E-state index in [0.29, 0.717) is 0 Å². The van der Waals surface area contributed by atoms with E-state index >= 15 is 0 Å². The lowest BCUT2D eigenvalue weighted by molar-refractivity contribution is 0.549.